The quantitative estimate of drug-likeness (QED) is 0.392. The number of esters is 1. The summed E-state index contributed by atoms with van der Waals surface area (Å²) < 4.78 is 13.5. The minimum atomic E-state index is -1.02. The van der Waals surface area contributed by atoms with Gasteiger partial charge in [0.05, 0.1) is 12.8 Å². The highest BCUT2D eigenvalue weighted by atomic mass is 16.6. The SMILES string of the molecule is CCC(C)Cn1cc(C)cc1C(=O)OC.CCC(C)Cn1cc(NC(=O)OC(C)(C)C)cc1C(=O)O. The fourth-order valence-corrected chi connectivity index (χ4v) is 3.34. The summed E-state index contributed by atoms with van der Waals surface area (Å²) >= 11 is 0. The number of rotatable bonds is 9. The number of hydrogen-bond acceptors (Lipinski definition) is 5. The molecular weight excluding hydrogens is 462 g/mol. The third kappa shape index (κ3) is 10.2. The zero-order chi connectivity index (χ0) is 27.6. The largest absolute Gasteiger partial charge is 0.477 e. The number of hydrogen-bond donors (Lipinski definition) is 2. The van der Waals surface area contributed by atoms with Crippen molar-refractivity contribution in [2.75, 3.05) is 12.4 Å². The number of methoxy groups -OCH3 is 1. The number of nitrogens with one attached hydrogen (secondary N) is 1. The number of carboxylic acids is 1. The molecule has 0 fully saturated rings. The van der Waals surface area contributed by atoms with Crippen LogP contribution in [0.5, 0.6) is 0 Å². The first kappa shape index (κ1) is 30.8. The summed E-state index contributed by atoms with van der Waals surface area (Å²) in [7, 11) is 1.41. The number of carbonyl (C=O) groups excluding carboxylic acids is 2. The normalized spacial score (nSPS) is 12.7. The average molecular weight is 506 g/mol. The molecule has 0 spiro atoms. The van der Waals surface area contributed by atoms with E-state index in [1.807, 2.05) is 30.7 Å². The van der Waals surface area contributed by atoms with Gasteiger partial charge < -0.3 is 23.7 Å². The smallest absolute Gasteiger partial charge is 0.412 e. The molecule has 0 saturated carbocycles. The van der Waals surface area contributed by atoms with Crippen LogP contribution in [0.15, 0.2) is 24.5 Å². The molecule has 36 heavy (non-hydrogen) atoms. The number of carboxylic acid groups (broad SMARTS) is 1. The first-order valence-electron chi connectivity index (χ1n) is 12.4. The van der Waals surface area contributed by atoms with Crippen molar-refractivity contribution < 1.29 is 29.0 Å². The number of aromatic carboxylic acids is 1. The van der Waals surface area contributed by atoms with Crippen LogP contribution in [-0.2, 0) is 22.6 Å². The van der Waals surface area contributed by atoms with E-state index in [4.69, 9.17) is 9.47 Å². The highest BCUT2D eigenvalue weighted by Gasteiger charge is 2.19. The number of anilines is 1. The Morgan fingerprint density at radius 1 is 0.972 bits per heavy atom. The zero-order valence-corrected chi connectivity index (χ0v) is 23.2. The van der Waals surface area contributed by atoms with Crippen LogP contribution in [-0.4, -0.2) is 45.0 Å². The first-order valence-corrected chi connectivity index (χ1v) is 12.4. The lowest BCUT2D eigenvalue weighted by Crippen LogP contribution is -2.27. The predicted molar refractivity (Wildman–Crippen MR) is 141 cm³/mol. The van der Waals surface area contributed by atoms with E-state index in [0.29, 0.717) is 29.8 Å². The van der Waals surface area contributed by atoms with Crippen LogP contribution >= 0.6 is 0 Å². The van der Waals surface area contributed by atoms with E-state index in [1.165, 1.54) is 13.2 Å². The highest BCUT2D eigenvalue weighted by Crippen LogP contribution is 2.19. The third-order valence-electron chi connectivity index (χ3n) is 5.60. The maximum Gasteiger partial charge on any atom is 0.412 e. The number of amides is 1. The van der Waals surface area contributed by atoms with Gasteiger partial charge in [0.1, 0.15) is 17.0 Å². The topological polar surface area (TPSA) is 112 Å². The second-order valence-electron chi connectivity index (χ2n) is 10.3. The standard InChI is InChI=1S/C15H24N2O4.C12H19NO2/c1-6-10(2)8-17-9-11(7-12(17)13(18)19)16-14(20)21-15(3,4)5;1-5-9(2)7-13-8-10(3)6-11(13)12(14)15-4/h7,9-10H,6,8H2,1-5H3,(H,16,20)(H,18,19);6,8-9H,5,7H2,1-4H3. The van der Waals surface area contributed by atoms with E-state index in [-0.39, 0.29) is 11.7 Å². The zero-order valence-electron chi connectivity index (χ0n) is 23.2. The van der Waals surface area contributed by atoms with Crippen molar-refractivity contribution in [2.45, 2.75) is 86.9 Å². The van der Waals surface area contributed by atoms with Gasteiger partial charge >= 0.3 is 18.0 Å². The molecule has 2 rings (SSSR count). The summed E-state index contributed by atoms with van der Waals surface area (Å²) in [5.41, 5.74) is 1.72. The van der Waals surface area contributed by atoms with Gasteiger partial charge in [0.2, 0.25) is 0 Å². The molecular formula is C27H43N3O6. The molecule has 2 unspecified atom stereocenters. The molecule has 0 aromatic carbocycles. The van der Waals surface area contributed by atoms with Crippen molar-refractivity contribution in [1.29, 1.82) is 0 Å². The van der Waals surface area contributed by atoms with Gasteiger partial charge in [-0.25, -0.2) is 14.4 Å². The number of nitrogens with zero attached hydrogens (tertiary/aromatic N) is 2. The Labute approximate surface area is 214 Å². The molecule has 2 aromatic heterocycles. The van der Waals surface area contributed by atoms with Crippen molar-refractivity contribution in [3.8, 4) is 0 Å². The fraction of sp³-hybridized carbons (Fsp3) is 0.593. The average Bonchev–Trinajstić information content (AvgIpc) is 3.34. The van der Waals surface area contributed by atoms with Crippen molar-refractivity contribution >= 4 is 23.7 Å². The molecule has 2 aromatic rings. The number of aromatic nitrogens is 2. The second kappa shape index (κ2) is 13.8. The molecule has 9 heteroatoms. The van der Waals surface area contributed by atoms with Gasteiger partial charge in [0.15, 0.2) is 0 Å². The molecule has 2 atom stereocenters. The Kier molecular flexibility index (Phi) is 11.8. The number of carbonyl (C=O) groups is 3. The van der Waals surface area contributed by atoms with E-state index in [0.717, 1.165) is 24.9 Å². The monoisotopic (exact) mass is 505 g/mol. The lowest BCUT2D eigenvalue weighted by Gasteiger charge is -2.19. The van der Waals surface area contributed by atoms with Crippen LogP contribution in [0, 0.1) is 18.8 Å². The van der Waals surface area contributed by atoms with Crippen LogP contribution in [0.3, 0.4) is 0 Å². The molecule has 202 valence electrons. The van der Waals surface area contributed by atoms with E-state index >= 15 is 0 Å². The van der Waals surface area contributed by atoms with Crippen molar-refractivity contribution in [3.63, 3.8) is 0 Å². The van der Waals surface area contributed by atoms with Crippen LogP contribution in [0.2, 0.25) is 0 Å². The van der Waals surface area contributed by atoms with Gasteiger partial charge in [-0.05, 0) is 57.2 Å². The fourth-order valence-electron chi connectivity index (χ4n) is 3.34. The number of ether oxygens (including phenoxy) is 2. The van der Waals surface area contributed by atoms with Gasteiger partial charge in [-0.2, -0.15) is 0 Å². The Morgan fingerprint density at radius 3 is 1.94 bits per heavy atom. The number of aryl methyl sites for hydroxylation is 1. The molecule has 0 bridgehead atoms. The third-order valence-corrected chi connectivity index (χ3v) is 5.60. The van der Waals surface area contributed by atoms with Gasteiger partial charge in [0, 0.05) is 25.5 Å². The Hall–Kier alpha value is -3.23. The second-order valence-corrected chi connectivity index (χ2v) is 10.3. The van der Waals surface area contributed by atoms with Crippen molar-refractivity contribution in [2.24, 2.45) is 11.8 Å². The van der Waals surface area contributed by atoms with Gasteiger partial charge in [-0.1, -0.05) is 40.5 Å². The predicted octanol–water partition coefficient (Wildman–Crippen LogP) is 6.21. The molecule has 9 nitrogen and oxygen atoms in total. The molecule has 2 N–H and O–H groups in total. The molecule has 0 radical (unpaired) electrons. The van der Waals surface area contributed by atoms with Crippen LogP contribution in [0.25, 0.3) is 0 Å². The Balaban J connectivity index is 0.000000381. The molecule has 1 amide bonds. The minimum absolute atomic E-state index is 0.154. The minimum Gasteiger partial charge on any atom is -0.477 e. The summed E-state index contributed by atoms with van der Waals surface area (Å²) in [5.74, 6) is -0.355. The summed E-state index contributed by atoms with van der Waals surface area (Å²) in [6.07, 6.45) is 5.09. The van der Waals surface area contributed by atoms with Gasteiger partial charge in [0.25, 0.3) is 0 Å². The molecule has 0 saturated heterocycles. The molecule has 0 aliphatic heterocycles. The van der Waals surface area contributed by atoms with Crippen LogP contribution in [0.1, 0.15) is 87.8 Å². The maximum atomic E-state index is 11.7. The van der Waals surface area contributed by atoms with Crippen molar-refractivity contribution in [3.05, 3.63) is 41.5 Å². The van der Waals surface area contributed by atoms with E-state index in [1.54, 1.807) is 31.5 Å². The van der Waals surface area contributed by atoms with Gasteiger partial charge in [-0.15, -0.1) is 0 Å². The summed E-state index contributed by atoms with van der Waals surface area (Å²) in [5, 5.41) is 11.8. The highest BCUT2D eigenvalue weighted by molar-refractivity contribution is 5.91. The van der Waals surface area contributed by atoms with E-state index in [2.05, 4.69) is 26.1 Å². The maximum absolute atomic E-state index is 11.7. The molecule has 0 aliphatic rings. The summed E-state index contributed by atoms with van der Waals surface area (Å²) in [6.45, 7) is 17.2. The van der Waals surface area contributed by atoms with E-state index < -0.39 is 17.7 Å². The van der Waals surface area contributed by atoms with Gasteiger partial charge in [-0.3, -0.25) is 5.32 Å². The lowest BCUT2D eigenvalue weighted by atomic mass is 10.1. The lowest BCUT2D eigenvalue weighted by molar-refractivity contribution is 0.0585. The van der Waals surface area contributed by atoms with Crippen LogP contribution < -0.4 is 5.32 Å². The summed E-state index contributed by atoms with van der Waals surface area (Å²) in [6, 6.07) is 3.31. The van der Waals surface area contributed by atoms with E-state index in [9.17, 15) is 19.5 Å². The summed E-state index contributed by atoms with van der Waals surface area (Å²) in [4.78, 5) is 34.4. The first-order chi connectivity index (χ1) is 16.7. The van der Waals surface area contributed by atoms with Crippen LogP contribution in [0.4, 0.5) is 10.5 Å². The molecule has 0 aliphatic carbocycles. The van der Waals surface area contributed by atoms with Crippen molar-refractivity contribution in [1.82, 2.24) is 9.13 Å². The Bertz CT molecular complexity index is 1020. The Morgan fingerprint density at radius 2 is 1.50 bits per heavy atom. The molecule has 2 heterocycles.